The molecule has 0 fully saturated rings. The summed E-state index contributed by atoms with van der Waals surface area (Å²) in [6.07, 6.45) is 0. The van der Waals surface area contributed by atoms with E-state index in [4.69, 9.17) is 4.74 Å². The molecule has 0 amide bonds. The fourth-order valence-corrected chi connectivity index (χ4v) is 2.01. The summed E-state index contributed by atoms with van der Waals surface area (Å²) in [6, 6.07) is 4.67. The monoisotopic (exact) mass is 303 g/mol. The third-order valence-electron chi connectivity index (χ3n) is 2.08. The molecule has 17 heavy (non-hydrogen) atoms. The first-order chi connectivity index (χ1) is 8.01. The van der Waals surface area contributed by atoms with Crippen molar-refractivity contribution >= 4 is 21.9 Å². The first-order valence-corrected chi connectivity index (χ1v) is 6.09. The predicted molar refractivity (Wildman–Crippen MR) is 67.1 cm³/mol. The van der Waals surface area contributed by atoms with E-state index in [1.54, 1.807) is 18.9 Å². The van der Waals surface area contributed by atoms with Crippen LogP contribution in [0.15, 0.2) is 22.7 Å². The van der Waals surface area contributed by atoms with Crippen molar-refractivity contribution < 1.29 is 13.9 Å². The fraction of sp³-hybridized carbons (Fsp3) is 0.417. The van der Waals surface area contributed by atoms with Crippen LogP contribution in [0.2, 0.25) is 0 Å². The van der Waals surface area contributed by atoms with E-state index < -0.39 is 0 Å². The van der Waals surface area contributed by atoms with Gasteiger partial charge in [-0.2, -0.15) is 0 Å². The van der Waals surface area contributed by atoms with E-state index in [-0.39, 0.29) is 18.3 Å². The molecule has 0 aromatic heterocycles. The third-order valence-corrected chi connectivity index (χ3v) is 2.54. The van der Waals surface area contributed by atoms with E-state index >= 15 is 0 Å². The van der Waals surface area contributed by atoms with Gasteiger partial charge >= 0.3 is 5.97 Å². The maximum atomic E-state index is 13.1. The van der Waals surface area contributed by atoms with Crippen molar-refractivity contribution in [3.05, 3.63) is 34.1 Å². The molecule has 0 unspecified atom stereocenters. The zero-order valence-electron chi connectivity index (χ0n) is 9.87. The van der Waals surface area contributed by atoms with Crippen LogP contribution >= 0.6 is 15.9 Å². The molecular formula is C12H15BrFNO2. The summed E-state index contributed by atoms with van der Waals surface area (Å²) in [4.78, 5) is 13.0. The number of likely N-dealkylation sites (N-methyl/N-ethyl adjacent to an activating group) is 1. The number of rotatable bonds is 5. The van der Waals surface area contributed by atoms with Crippen molar-refractivity contribution in [2.45, 2.75) is 13.5 Å². The van der Waals surface area contributed by atoms with Crippen LogP contribution < -0.4 is 0 Å². The van der Waals surface area contributed by atoms with Gasteiger partial charge < -0.3 is 4.74 Å². The van der Waals surface area contributed by atoms with Crippen LogP contribution in [0.4, 0.5) is 4.39 Å². The Labute approximate surface area is 109 Å². The van der Waals surface area contributed by atoms with Gasteiger partial charge in [0.2, 0.25) is 0 Å². The number of esters is 1. The summed E-state index contributed by atoms with van der Waals surface area (Å²) in [7, 11) is 1.79. The second-order valence-electron chi connectivity index (χ2n) is 3.76. The molecule has 1 rings (SSSR count). The lowest BCUT2D eigenvalue weighted by Gasteiger charge is -2.15. The molecule has 1 aromatic rings. The van der Waals surface area contributed by atoms with Gasteiger partial charge in [0.1, 0.15) is 5.82 Å². The first-order valence-electron chi connectivity index (χ1n) is 5.30. The predicted octanol–water partition coefficient (Wildman–Crippen LogP) is 2.58. The fourth-order valence-electron chi connectivity index (χ4n) is 1.50. The summed E-state index contributed by atoms with van der Waals surface area (Å²) in [6.45, 7) is 2.83. The Morgan fingerprint density at radius 3 is 2.76 bits per heavy atom. The van der Waals surface area contributed by atoms with E-state index in [0.29, 0.717) is 17.6 Å². The Hall–Kier alpha value is -0.940. The molecule has 0 spiro atoms. The van der Waals surface area contributed by atoms with Crippen LogP contribution in [-0.4, -0.2) is 31.1 Å². The molecule has 5 heteroatoms. The van der Waals surface area contributed by atoms with Gasteiger partial charge in [-0.25, -0.2) is 4.39 Å². The van der Waals surface area contributed by atoms with Gasteiger partial charge in [-0.15, -0.1) is 0 Å². The zero-order valence-corrected chi connectivity index (χ0v) is 11.5. The van der Waals surface area contributed by atoms with E-state index in [0.717, 1.165) is 5.56 Å². The van der Waals surface area contributed by atoms with Crippen molar-refractivity contribution in [3.63, 3.8) is 0 Å². The van der Waals surface area contributed by atoms with Crippen LogP contribution in [-0.2, 0) is 16.1 Å². The summed E-state index contributed by atoms with van der Waals surface area (Å²) >= 11 is 3.23. The number of benzene rings is 1. The maximum absolute atomic E-state index is 13.1. The van der Waals surface area contributed by atoms with Crippen molar-refractivity contribution in [3.8, 4) is 0 Å². The number of ether oxygens (including phenoxy) is 1. The minimum Gasteiger partial charge on any atom is -0.465 e. The van der Waals surface area contributed by atoms with Crippen molar-refractivity contribution in [1.29, 1.82) is 0 Å². The average molecular weight is 304 g/mol. The molecular weight excluding hydrogens is 289 g/mol. The van der Waals surface area contributed by atoms with Crippen LogP contribution in [0.1, 0.15) is 12.5 Å². The molecule has 0 heterocycles. The van der Waals surface area contributed by atoms with Gasteiger partial charge in [0.15, 0.2) is 0 Å². The molecule has 0 bridgehead atoms. The van der Waals surface area contributed by atoms with E-state index in [2.05, 4.69) is 15.9 Å². The summed E-state index contributed by atoms with van der Waals surface area (Å²) in [5, 5.41) is 0. The lowest BCUT2D eigenvalue weighted by atomic mass is 10.2. The molecule has 0 aliphatic carbocycles. The molecule has 94 valence electrons. The molecule has 0 saturated heterocycles. The molecule has 1 aromatic carbocycles. The standard InChI is InChI=1S/C12H15BrFNO2/c1-3-17-12(16)8-15(2)7-9-4-10(13)6-11(14)5-9/h4-6H,3,7-8H2,1-2H3. The smallest absolute Gasteiger partial charge is 0.320 e. The van der Waals surface area contributed by atoms with Crippen molar-refractivity contribution in [2.75, 3.05) is 20.2 Å². The highest BCUT2D eigenvalue weighted by Crippen LogP contribution is 2.15. The maximum Gasteiger partial charge on any atom is 0.320 e. The van der Waals surface area contributed by atoms with E-state index in [9.17, 15) is 9.18 Å². The molecule has 0 aliphatic heterocycles. The third kappa shape index (κ3) is 5.28. The molecule has 0 radical (unpaired) electrons. The number of halogens is 2. The van der Waals surface area contributed by atoms with E-state index in [1.807, 2.05) is 6.07 Å². The Bertz CT molecular complexity index is 378. The minimum atomic E-state index is -0.293. The molecule has 0 atom stereocenters. The summed E-state index contributed by atoms with van der Waals surface area (Å²) in [5.74, 6) is -0.565. The molecule has 3 nitrogen and oxygen atoms in total. The van der Waals surface area contributed by atoms with Crippen LogP contribution in [0.5, 0.6) is 0 Å². The summed E-state index contributed by atoms with van der Waals surface area (Å²) in [5.41, 5.74) is 0.809. The Balaban J connectivity index is 2.55. The highest BCUT2D eigenvalue weighted by molar-refractivity contribution is 9.10. The number of carbonyl (C=O) groups excluding carboxylic acids is 1. The largest absolute Gasteiger partial charge is 0.465 e. The topological polar surface area (TPSA) is 29.5 Å². The number of hydrogen-bond acceptors (Lipinski definition) is 3. The van der Waals surface area contributed by atoms with Crippen LogP contribution in [0, 0.1) is 5.82 Å². The number of nitrogens with zero attached hydrogens (tertiary/aromatic N) is 1. The minimum absolute atomic E-state index is 0.196. The van der Waals surface area contributed by atoms with E-state index in [1.165, 1.54) is 12.1 Å². The lowest BCUT2D eigenvalue weighted by molar-refractivity contribution is -0.144. The van der Waals surface area contributed by atoms with Gasteiger partial charge in [-0.1, -0.05) is 15.9 Å². The zero-order chi connectivity index (χ0) is 12.8. The second kappa shape index (κ2) is 6.71. The van der Waals surface area contributed by atoms with Crippen molar-refractivity contribution in [2.24, 2.45) is 0 Å². The van der Waals surface area contributed by atoms with Gasteiger partial charge in [0, 0.05) is 11.0 Å². The normalized spacial score (nSPS) is 10.6. The van der Waals surface area contributed by atoms with Gasteiger partial charge in [0.05, 0.1) is 13.2 Å². The molecule has 0 N–H and O–H groups in total. The molecule has 0 aliphatic rings. The number of hydrogen-bond donors (Lipinski definition) is 0. The van der Waals surface area contributed by atoms with Gasteiger partial charge in [-0.3, -0.25) is 9.69 Å². The van der Waals surface area contributed by atoms with Gasteiger partial charge in [0.25, 0.3) is 0 Å². The van der Waals surface area contributed by atoms with Gasteiger partial charge in [-0.05, 0) is 37.7 Å². The summed E-state index contributed by atoms with van der Waals surface area (Å²) < 4.78 is 18.6. The highest BCUT2D eigenvalue weighted by atomic mass is 79.9. The first kappa shape index (κ1) is 14.1. The molecule has 0 saturated carbocycles. The van der Waals surface area contributed by atoms with Crippen LogP contribution in [0.3, 0.4) is 0 Å². The van der Waals surface area contributed by atoms with Crippen LogP contribution in [0.25, 0.3) is 0 Å². The Morgan fingerprint density at radius 1 is 1.47 bits per heavy atom. The second-order valence-corrected chi connectivity index (χ2v) is 4.67. The SMILES string of the molecule is CCOC(=O)CN(C)Cc1cc(F)cc(Br)c1. The number of carbonyl (C=O) groups is 1. The Kier molecular flexibility index (Phi) is 5.58. The lowest BCUT2D eigenvalue weighted by Crippen LogP contribution is -2.27. The highest BCUT2D eigenvalue weighted by Gasteiger charge is 2.08. The quantitative estimate of drug-likeness (QED) is 0.783. The average Bonchev–Trinajstić information content (AvgIpc) is 2.14. The Morgan fingerprint density at radius 2 is 2.18 bits per heavy atom. The van der Waals surface area contributed by atoms with Crippen molar-refractivity contribution in [1.82, 2.24) is 4.90 Å².